The van der Waals surface area contributed by atoms with Crippen LogP contribution in [-0.2, 0) is 0 Å². The summed E-state index contributed by atoms with van der Waals surface area (Å²) in [5.74, 6) is 0.763. The number of nitrogens with zero attached hydrogens (tertiary/aromatic N) is 3. The molecule has 1 aliphatic heterocycles. The van der Waals surface area contributed by atoms with Gasteiger partial charge in [0.1, 0.15) is 5.75 Å². The molecular weight excluding hydrogens is 390 g/mol. The Bertz CT molecular complexity index is 892. The zero-order valence-electron chi connectivity index (χ0n) is 19.4. The molecule has 1 saturated heterocycles. The van der Waals surface area contributed by atoms with Gasteiger partial charge in [0.25, 0.3) is 0 Å². The van der Waals surface area contributed by atoms with Crippen molar-refractivity contribution in [3.8, 4) is 5.75 Å². The summed E-state index contributed by atoms with van der Waals surface area (Å²) in [5, 5.41) is 6.42. The van der Waals surface area contributed by atoms with Crippen LogP contribution in [0.5, 0.6) is 5.75 Å². The molecule has 2 aromatic rings. The highest BCUT2D eigenvalue weighted by Crippen LogP contribution is 2.28. The topological polar surface area (TPSA) is 60.1 Å². The lowest BCUT2D eigenvalue weighted by Crippen LogP contribution is -2.50. The summed E-state index contributed by atoms with van der Waals surface area (Å²) in [4.78, 5) is 19.2. The predicted molar refractivity (Wildman–Crippen MR) is 129 cm³/mol. The van der Waals surface area contributed by atoms with Gasteiger partial charge in [-0.1, -0.05) is 12.1 Å². The van der Waals surface area contributed by atoms with Crippen molar-refractivity contribution in [3.63, 3.8) is 0 Å². The number of methoxy groups -OCH3 is 1. The van der Waals surface area contributed by atoms with Crippen molar-refractivity contribution in [2.24, 2.45) is 0 Å². The lowest BCUT2D eigenvalue weighted by Gasteiger charge is -2.37. The standard InChI is InChI=1S/C24H35N5O2/c1-18-7-6-8-22(19(18)2)28-13-15-29(16-14-28)24(30)26-20-9-10-23(31-5)21(17-20)25-11-12-27(3)4/h6-10,17,25H,11-16H2,1-5H3,(H,26,30). The van der Waals surface area contributed by atoms with Crippen LogP contribution in [0.2, 0.25) is 0 Å². The maximum atomic E-state index is 12.8. The molecule has 2 amide bonds. The highest BCUT2D eigenvalue weighted by Gasteiger charge is 2.22. The first-order chi connectivity index (χ1) is 14.9. The van der Waals surface area contributed by atoms with Crippen LogP contribution in [0.25, 0.3) is 0 Å². The maximum absolute atomic E-state index is 12.8. The molecule has 0 saturated carbocycles. The van der Waals surface area contributed by atoms with Gasteiger partial charge in [-0.25, -0.2) is 4.79 Å². The van der Waals surface area contributed by atoms with Gasteiger partial charge in [-0.3, -0.25) is 0 Å². The Morgan fingerprint density at radius 1 is 1.10 bits per heavy atom. The molecule has 2 N–H and O–H groups in total. The third-order valence-corrected chi connectivity index (χ3v) is 5.81. The van der Waals surface area contributed by atoms with Gasteiger partial charge in [0.15, 0.2) is 0 Å². The number of hydrogen-bond acceptors (Lipinski definition) is 5. The lowest BCUT2D eigenvalue weighted by molar-refractivity contribution is 0.208. The van der Waals surface area contributed by atoms with Gasteiger partial charge in [-0.05, 0) is 63.3 Å². The minimum atomic E-state index is -0.0648. The van der Waals surface area contributed by atoms with Crippen LogP contribution in [0.1, 0.15) is 11.1 Å². The number of nitrogens with one attached hydrogen (secondary N) is 2. The molecule has 0 radical (unpaired) electrons. The summed E-state index contributed by atoms with van der Waals surface area (Å²) < 4.78 is 5.45. The SMILES string of the molecule is COc1ccc(NC(=O)N2CCN(c3cccc(C)c3C)CC2)cc1NCCN(C)C. The molecule has 31 heavy (non-hydrogen) atoms. The fourth-order valence-electron chi connectivity index (χ4n) is 3.77. The molecule has 168 valence electrons. The zero-order valence-corrected chi connectivity index (χ0v) is 19.4. The van der Waals surface area contributed by atoms with E-state index in [1.54, 1.807) is 7.11 Å². The average Bonchev–Trinajstić information content (AvgIpc) is 2.76. The first-order valence-corrected chi connectivity index (χ1v) is 10.8. The summed E-state index contributed by atoms with van der Waals surface area (Å²) in [5.41, 5.74) is 5.51. The quantitative estimate of drug-likeness (QED) is 0.709. The van der Waals surface area contributed by atoms with Crippen molar-refractivity contribution in [2.75, 3.05) is 76.0 Å². The highest BCUT2D eigenvalue weighted by atomic mass is 16.5. The van der Waals surface area contributed by atoms with E-state index in [1.165, 1.54) is 16.8 Å². The number of likely N-dealkylation sites (N-methyl/N-ethyl adjacent to an activating group) is 1. The molecule has 0 bridgehead atoms. The van der Waals surface area contributed by atoms with E-state index in [0.29, 0.717) is 13.1 Å². The van der Waals surface area contributed by atoms with Gasteiger partial charge >= 0.3 is 6.03 Å². The molecule has 0 aliphatic carbocycles. The number of ether oxygens (including phenoxy) is 1. The van der Waals surface area contributed by atoms with Gasteiger partial charge in [0.05, 0.1) is 12.8 Å². The molecule has 3 rings (SSSR count). The highest BCUT2D eigenvalue weighted by molar-refractivity contribution is 5.90. The van der Waals surface area contributed by atoms with Crippen molar-refractivity contribution in [1.82, 2.24) is 9.80 Å². The van der Waals surface area contributed by atoms with E-state index >= 15 is 0 Å². The van der Waals surface area contributed by atoms with E-state index in [0.717, 1.165) is 43.3 Å². The van der Waals surface area contributed by atoms with E-state index in [1.807, 2.05) is 37.2 Å². The molecule has 2 aromatic carbocycles. The van der Waals surface area contributed by atoms with Crippen LogP contribution >= 0.6 is 0 Å². The molecule has 7 heteroatoms. The Balaban J connectivity index is 1.58. The molecular formula is C24H35N5O2. The van der Waals surface area contributed by atoms with E-state index in [2.05, 4.69) is 52.5 Å². The van der Waals surface area contributed by atoms with Crippen LogP contribution < -0.4 is 20.3 Å². The van der Waals surface area contributed by atoms with Crippen LogP contribution in [0.3, 0.4) is 0 Å². The van der Waals surface area contributed by atoms with Gasteiger partial charge < -0.3 is 30.1 Å². The molecule has 0 atom stereocenters. The Hall–Kier alpha value is -2.93. The second-order valence-corrected chi connectivity index (χ2v) is 8.27. The fourth-order valence-corrected chi connectivity index (χ4v) is 3.77. The Morgan fingerprint density at radius 2 is 1.84 bits per heavy atom. The predicted octanol–water partition coefficient (Wildman–Crippen LogP) is 3.64. The average molecular weight is 426 g/mol. The molecule has 0 unspecified atom stereocenters. The Morgan fingerprint density at radius 3 is 2.52 bits per heavy atom. The summed E-state index contributed by atoms with van der Waals surface area (Å²) in [6, 6.07) is 12.0. The number of carbonyl (C=O) groups excluding carboxylic acids is 1. The number of rotatable bonds is 7. The second-order valence-electron chi connectivity index (χ2n) is 8.27. The Kier molecular flexibility index (Phi) is 7.63. The van der Waals surface area contributed by atoms with Crippen molar-refractivity contribution in [1.29, 1.82) is 0 Å². The molecule has 1 fully saturated rings. The minimum Gasteiger partial charge on any atom is -0.495 e. The van der Waals surface area contributed by atoms with Crippen LogP contribution in [0, 0.1) is 13.8 Å². The number of aryl methyl sites for hydroxylation is 1. The first-order valence-electron chi connectivity index (χ1n) is 10.8. The second kappa shape index (κ2) is 10.4. The summed E-state index contributed by atoms with van der Waals surface area (Å²) in [6.07, 6.45) is 0. The van der Waals surface area contributed by atoms with Crippen molar-refractivity contribution < 1.29 is 9.53 Å². The molecule has 0 spiro atoms. The number of benzene rings is 2. The van der Waals surface area contributed by atoms with Gasteiger partial charge in [0, 0.05) is 50.6 Å². The third-order valence-electron chi connectivity index (χ3n) is 5.81. The number of urea groups is 1. The monoisotopic (exact) mass is 425 g/mol. The van der Waals surface area contributed by atoms with Gasteiger partial charge in [-0.15, -0.1) is 0 Å². The number of piperazine rings is 1. The number of anilines is 3. The van der Waals surface area contributed by atoms with Gasteiger partial charge in [-0.2, -0.15) is 0 Å². The van der Waals surface area contributed by atoms with Crippen molar-refractivity contribution in [3.05, 3.63) is 47.5 Å². The number of hydrogen-bond donors (Lipinski definition) is 2. The maximum Gasteiger partial charge on any atom is 0.321 e. The Labute approximate surface area is 186 Å². The smallest absolute Gasteiger partial charge is 0.321 e. The van der Waals surface area contributed by atoms with E-state index in [4.69, 9.17) is 4.74 Å². The molecule has 1 heterocycles. The number of amides is 2. The molecule has 7 nitrogen and oxygen atoms in total. The van der Waals surface area contributed by atoms with Crippen LogP contribution in [-0.4, -0.2) is 76.3 Å². The van der Waals surface area contributed by atoms with Crippen molar-refractivity contribution in [2.45, 2.75) is 13.8 Å². The normalized spacial score (nSPS) is 14.0. The third kappa shape index (κ3) is 5.82. The summed E-state index contributed by atoms with van der Waals surface area (Å²) >= 11 is 0. The van der Waals surface area contributed by atoms with Crippen molar-refractivity contribution >= 4 is 23.1 Å². The van der Waals surface area contributed by atoms with Crippen LogP contribution in [0.15, 0.2) is 36.4 Å². The summed E-state index contributed by atoms with van der Waals surface area (Å²) in [6.45, 7) is 9.06. The minimum absolute atomic E-state index is 0.0648. The number of carbonyl (C=O) groups is 1. The largest absolute Gasteiger partial charge is 0.495 e. The lowest BCUT2D eigenvalue weighted by atomic mass is 10.1. The molecule has 1 aliphatic rings. The van der Waals surface area contributed by atoms with Gasteiger partial charge in [0.2, 0.25) is 0 Å². The van der Waals surface area contributed by atoms with E-state index < -0.39 is 0 Å². The van der Waals surface area contributed by atoms with E-state index in [9.17, 15) is 4.79 Å². The van der Waals surface area contributed by atoms with E-state index in [-0.39, 0.29) is 6.03 Å². The van der Waals surface area contributed by atoms with Crippen LogP contribution in [0.4, 0.5) is 21.9 Å². The first kappa shape index (κ1) is 22.7. The fraction of sp³-hybridized carbons (Fsp3) is 0.458. The summed E-state index contributed by atoms with van der Waals surface area (Å²) in [7, 11) is 5.73. The molecule has 0 aromatic heterocycles. The zero-order chi connectivity index (χ0) is 22.4.